The molecule has 1 aromatic carbocycles. The highest BCUT2D eigenvalue weighted by molar-refractivity contribution is 9.10. The Morgan fingerprint density at radius 1 is 1.37 bits per heavy atom. The van der Waals surface area contributed by atoms with Gasteiger partial charge < -0.3 is 10.6 Å². The molecule has 2 N–H and O–H groups in total. The molecule has 0 spiro atoms. The SMILES string of the molecule is CC(N)Cc1cc(Br)ccc1N1CCCC1C(C)C. The summed E-state index contributed by atoms with van der Waals surface area (Å²) in [6.45, 7) is 7.91. The summed E-state index contributed by atoms with van der Waals surface area (Å²) in [5.74, 6) is 0.703. The third kappa shape index (κ3) is 3.51. The standard InChI is InChI=1S/C16H25BrN2/c1-11(2)15-5-4-8-19(15)16-7-6-14(17)10-13(16)9-12(3)18/h6-7,10-12,15H,4-5,8-9,18H2,1-3H3. The number of hydrogen-bond acceptors (Lipinski definition) is 2. The van der Waals surface area contributed by atoms with E-state index in [2.05, 4.69) is 59.8 Å². The smallest absolute Gasteiger partial charge is 0.0402 e. The highest BCUT2D eigenvalue weighted by atomic mass is 79.9. The Hall–Kier alpha value is -0.540. The summed E-state index contributed by atoms with van der Waals surface area (Å²) in [5.41, 5.74) is 8.76. The molecule has 2 rings (SSSR count). The van der Waals surface area contributed by atoms with Gasteiger partial charge in [-0.05, 0) is 55.9 Å². The molecule has 1 fully saturated rings. The van der Waals surface area contributed by atoms with Crippen molar-refractivity contribution in [2.24, 2.45) is 11.7 Å². The second kappa shape index (κ2) is 6.27. The lowest BCUT2D eigenvalue weighted by Crippen LogP contribution is -2.34. The molecule has 0 radical (unpaired) electrons. The molecule has 0 saturated carbocycles. The van der Waals surface area contributed by atoms with Crippen LogP contribution in [0.4, 0.5) is 5.69 Å². The van der Waals surface area contributed by atoms with Crippen LogP contribution in [0.25, 0.3) is 0 Å². The van der Waals surface area contributed by atoms with Crippen molar-refractivity contribution < 1.29 is 0 Å². The Bertz CT molecular complexity index is 429. The molecule has 3 heteroatoms. The number of halogens is 1. The number of hydrogen-bond donors (Lipinski definition) is 1. The summed E-state index contributed by atoms with van der Waals surface area (Å²) in [7, 11) is 0. The van der Waals surface area contributed by atoms with Crippen molar-refractivity contribution in [1.82, 2.24) is 0 Å². The first-order chi connectivity index (χ1) is 8.99. The van der Waals surface area contributed by atoms with Crippen LogP contribution in [0.5, 0.6) is 0 Å². The van der Waals surface area contributed by atoms with E-state index in [1.54, 1.807) is 0 Å². The molecule has 1 aliphatic rings. The van der Waals surface area contributed by atoms with E-state index < -0.39 is 0 Å². The van der Waals surface area contributed by atoms with Crippen LogP contribution in [0, 0.1) is 5.92 Å². The van der Waals surface area contributed by atoms with Crippen molar-refractivity contribution >= 4 is 21.6 Å². The summed E-state index contributed by atoms with van der Waals surface area (Å²) in [5, 5.41) is 0. The molecule has 1 aromatic rings. The highest BCUT2D eigenvalue weighted by Crippen LogP contribution is 2.33. The number of nitrogens with zero attached hydrogens (tertiary/aromatic N) is 1. The number of anilines is 1. The van der Waals surface area contributed by atoms with E-state index in [1.807, 2.05) is 0 Å². The maximum atomic E-state index is 6.00. The number of benzene rings is 1. The quantitative estimate of drug-likeness (QED) is 0.908. The van der Waals surface area contributed by atoms with Crippen LogP contribution < -0.4 is 10.6 Å². The Kier molecular flexibility index (Phi) is 4.91. The average molecular weight is 325 g/mol. The Labute approximate surface area is 125 Å². The maximum Gasteiger partial charge on any atom is 0.0402 e. The molecule has 19 heavy (non-hydrogen) atoms. The lowest BCUT2D eigenvalue weighted by atomic mass is 9.99. The molecule has 2 nitrogen and oxygen atoms in total. The molecular weight excluding hydrogens is 300 g/mol. The van der Waals surface area contributed by atoms with Crippen LogP contribution in [0.15, 0.2) is 22.7 Å². The zero-order chi connectivity index (χ0) is 14.0. The topological polar surface area (TPSA) is 29.3 Å². The van der Waals surface area contributed by atoms with Crippen molar-refractivity contribution in [3.8, 4) is 0 Å². The van der Waals surface area contributed by atoms with Crippen LogP contribution in [0.1, 0.15) is 39.2 Å². The van der Waals surface area contributed by atoms with Gasteiger partial charge in [-0.25, -0.2) is 0 Å². The Balaban J connectivity index is 2.32. The number of rotatable bonds is 4. The fraction of sp³-hybridized carbons (Fsp3) is 0.625. The van der Waals surface area contributed by atoms with E-state index in [1.165, 1.54) is 30.6 Å². The monoisotopic (exact) mass is 324 g/mol. The largest absolute Gasteiger partial charge is 0.368 e. The van der Waals surface area contributed by atoms with Gasteiger partial charge in [0.05, 0.1) is 0 Å². The van der Waals surface area contributed by atoms with Crippen LogP contribution in [-0.4, -0.2) is 18.6 Å². The van der Waals surface area contributed by atoms with E-state index in [9.17, 15) is 0 Å². The van der Waals surface area contributed by atoms with Crippen molar-refractivity contribution in [3.63, 3.8) is 0 Å². The molecule has 0 aliphatic carbocycles. The van der Waals surface area contributed by atoms with Crippen molar-refractivity contribution in [1.29, 1.82) is 0 Å². The summed E-state index contributed by atoms with van der Waals surface area (Å²) in [6.07, 6.45) is 3.55. The fourth-order valence-corrected chi connectivity index (χ4v) is 3.54. The minimum absolute atomic E-state index is 0.202. The van der Waals surface area contributed by atoms with E-state index in [4.69, 9.17) is 5.73 Å². The summed E-state index contributed by atoms with van der Waals surface area (Å²) < 4.78 is 1.15. The van der Waals surface area contributed by atoms with Gasteiger partial charge in [0.15, 0.2) is 0 Å². The third-order valence-corrected chi connectivity index (χ3v) is 4.45. The fourth-order valence-electron chi connectivity index (χ4n) is 3.13. The molecule has 2 atom stereocenters. The van der Waals surface area contributed by atoms with Gasteiger partial charge in [-0.3, -0.25) is 0 Å². The van der Waals surface area contributed by atoms with E-state index in [0.717, 1.165) is 10.9 Å². The minimum atomic E-state index is 0.202. The molecule has 0 amide bonds. The molecular formula is C16H25BrN2. The second-order valence-electron chi connectivity index (χ2n) is 6.10. The first kappa shape index (κ1) is 14.9. The Morgan fingerprint density at radius 3 is 2.74 bits per heavy atom. The lowest BCUT2D eigenvalue weighted by molar-refractivity contribution is 0.491. The first-order valence-corrected chi connectivity index (χ1v) is 8.09. The molecule has 0 bridgehead atoms. The van der Waals surface area contributed by atoms with Crippen molar-refractivity contribution in [2.45, 2.75) is 52.1 Å². The highest BCUT2D eigenvalue weighted by Gasteiger charge is 2.28. The molecule has 0 aromatic heterocycles. The molecule has 2 unspecified atom stereocenters. The third-order valence-electron chi connectivity index (χ3n) is 3.96. The number of nitrogens with two attached hydrogens (primary N) is 1. The van der Waals surface area contributed by atoms with Gasteiger partial charge in [0.25, 0.3) is 0 Å². The second-order valence-corrected chi connectivity index (χ2v) is 7.02. The summed E-state index contributed by atoms with van der Waals surface area (Å²) in [6, 6.07) is 7.51. The molecule has 106 valence electrons. The predicted octanol–water partition coefficient (Wildman–Crippen LogP) is 3.96. The van der Waals surface area contributed by atoms with Gasteiger partial charge in [-0.15, -0.1) is 0 Å². The van der Waals surface area contributed by atoms with Gasteiger partial charge in [-0.1, -0.05) is 29.8 Å². The van der Waals surface area contributed by atoms with Crippen LogP contribution in [-0.2, 0) is 6.42 Å². The molecule has 1 heterocycles. The van der Waals surface area contributed by atoms with Crippen LogP contribution in [0.2, 0.25) is 0 Å². The van der Waals surface area contributed by atoms with Crippen LogP contribution >= 0.6 is 15.9 Å². The summed E-state index contributed by atoms with van der Waals surface area (Å²) in [4.78, 5) is 2.59. The van der Waals surface area contributed by atoms with Gasteiger partial charge in [0.1, 0.15) is 0 Å². The van der Waals surface area contributed by atoms with Crippen molar-refractivity contribution in [2.75, 3.05) is 11.4 Å². The average Bonchev–Trinajstić information content (AvgIpc) is 2.77. The zero-order valence-electron chi connectivity index (χ0n) is 12.2. The van der Waals surface area contributed by atoms with E-state index >= 15 is 0 Å². The van der Waals surface area contributed by atoms with Gasteiger partial charge in [0.2, 0.25) is 0 Å². The normalized spacial score (nSPS) is 21.2. The first-order valence-electron chi connectivity index (χ1n) is 7.29. The van der Waals surface area contributed by atoms with E-state index in [0.29, 0.717) is 12.0 Å². The summed E-state index contributed by atoms with van der Waals surface area (Å²) >= 11 is 3.58. The predicted molar refractivity (Wildman–Crippen MR) is 86.7 cm³/mol. The van der Waals surface area contributed by atoms with E-state index in [-0.39, 0.29) is 6.04 Å². The van der Waals surface area contributed by atoms with Gasteiger partial charge in [-0.2, -0.15) is 0 Å². The zero-order valence-corrected chi connectivity index (χ0v) is 13.8. The van der Waals surface area contributed by atoms with Gasteiger partial charge in [0, 0.05) is 28.8 Å². The Morgan fingerprint density at radius 2 is 2.11 bits per heavy atom. The molecule has 1 aliphatic heterocycles. The minimum Gasteiger partial charge on any atom is -0.368 e. The maximum absolute atomic E-state index is 6.00. The molecule has 1 saturated heterocycles. The van der Waals surface area contributed by atoms with Crippen LogP contribution in [0.3, 0.4) is 0 Å². The van der Waals surface area contributed by atoms with Gasteiger partial charge >= 0.3 is 0 Å². The lowest BCUT2D eigenvalue weighted by Gasteiger charge is -2.32. The van der Waals surface area contributed by atoms with Crippen molar-refractivity contribution in [3.05, 3.63) is 28.2 Å².